The highest BCUT2D eigenvalue weighted by molar-refractivity contribution is 6.11. The Morgan fingerprint density at radius 3 is 2.65 bits per heavy atom. The second-order valence-electron chi connectivity index (χ2n) is 6.30. The molecule has 0 N–H and O–H groups in total. The number of Topliss-reactive ketones (excluding diaryl/α,β-unsaturated/α-hetero) is 1. The van der Waals surface area contributed by atoms with Crippen LogP contribution in [0.1, 0.15) is 55.8 Å². The summed E-state index contributed by atoms with van der Waals surface area (Å²) in [5, 5.41) is 8.39. The van der Waals surface area contributed by atoms with E-state index in [-0.39, 0.29) is 5.78 Å². The fourth-order valence-electron chi connectivity index (χ4n) is 2.92. The third-order valence-corrected chi connectivity index (χ3v) is 4.34. The minimum Gasteiger partial charge on any atom is -0.279 e. The molecule has 0 aliphatic heterocycles. The van der Waals surface area contributed by atoms with Crippen LogP contribution in [-0.2, 0) is 0 Å². The van der Waals surface area contributed by atoms with Gasteiger partial charge >= 0.3 is 0 Å². The van der Waals surface area contributed by atoms with E-state index in [1.807, 2.05) is 42.5 Å². The van der Waals surface area contributed by atoms with Crippen LogP contribution in [0.4, 0.5) is 0 Å². The van der Waals surface area contributed by atoms with Crippen LogP contribution in [-0.4, -0.2) is 20.8 Å². The van der Waals surface area contributed by atoms with E-state index in [1.54, 1.807) is 10.7 Å². The first-order chi connectivity index (χ1) is 12.8. The quantitative estimate of drug-likeness (QED) is 0.263. The van der Waals surface area contributed by atoms with E-state index in [0.717, 1.165) is 23.9 Å². The topological polar surface area (TPSA) is 47.8 Å². The van der Waals surface area contributed by atoms with Crippen LogP contribution in [0, 0.1) is 11.8 Å². The Hall–Kier alpha value is -2.93. The molecule has 3 aromatic rings. The van der Waals surface area contributed by atoms with E-state index < -0.39 is 0 Å². The van der Waals surface area contributed by atoms with Crippen molar-refractivity contribution in [1.82, 2.24) is 15.0 Å². The SMILES string of the molecule is CCCCCCCC#CC(=O)c1ccccc1-n1nnc2ccccc21. The van der Waals surface area contributed by atoms with Gasteiger partial charge in [-0.25, -0.2) is 4.68 Å². The Bertz CT molecular complexity index is 946. The van der Waals surface area contributed by atoms with Crippen LogP contribution in [0.3, 0.4) is 0 Å². The van der Waals surface area contributed by atoms with Crippen molar-refractivity contribution in [2.45, 2.75) is 45.4 Å². The highest BCUT2D eigenvalue weighted by Gasteiger charge is 2.13. The predicted molar refractivity (Wildman–Crippen MR) is 104 cm³/mol. The van der Waals surface area contributed by atoms with E-state index in [2.05, 4.69) is 29.1 Å². The molecule has 0 amide bonds. The van der Waals surface area contributed by atoms with Gasteiger partial charge < -0.3 is 0 Å². The molecule has 2 aromatic carbocycles. The number of benzene rings is 2. The van der Waals surface area contributed by atoms with Crippen LogP contribution in [0.2, 0.25) is 0 Å². The number of aromatic nitrogens is 3. The summed E-state index contributed by atoms with van der Waals surface area (Å²) < 4.78 is 1.70. The number of rotatable bonds is 7. The van der Waals surface area contributed by atoms with Crippen LogP contribution < -0.4 is 0 Å². The van der Waals surface area contributed by atoms with Crippen molar-refractivity contribution in [1.29, 1.82) is 0 Å². The van der Waals surface area contributed by atoms with Crippen molar-refractivity contribution in [2.75, 3.05) is 0 Å². The Kier molecular flexibility index (Phi) is 6.16. The van der Waals surface area contributed by atoms with Crippen molar-refractivity contribution in [3.05, 3.63) is 54.1 Å². The molecule has 1 aromatic heterocycles. The molecule has 0 radical (unpaired) electrons. The first kappa shape index (κ1) is 17.9. The summed E-state index contributed by atoms with van der Waals surface area (Å²) in [5.74, 6) is 5.64. The summed E-state index contributed by atoms with van der Waals surface area (Å²) in [4.78, 5) is 12.6. The third-order valence-electron chi connectivity index (χ3n) is 4.34. The average Bonchev–Trinajstić information content (AvgIpc) is 3.11. The number of ketones is 1. The lowest BCUT2D eigenvalue weighted by atomic mass is 10.1. The molecule has 0 unspecified atom stereocenters. The van der Waals surface area contributed by atoms with Gasteiger partial charge in [-0.2, -0.15) is 0 Å². The Balaban J connectivity index is 1.77. The van der Waals surface area contributed by atoms with Gasteiger partial charge in [-0.3, -0.25) is 4.79 Å². The highest BCUT2D eigenvalue weighted by atomic mass is 16.1. The van der Waals surface area contributed by atoms with Crippen molar-refractivity contribution < 1.29 is 4.79 Å². The zero-order valence-corrected chi connectivity index (χ0v) is 15.1. The number of hydrogen-bond donors (Lipinski definition) is 0. The molecule has 0 aliphatic carbocycles. The van der Waals surface area contributed by atoms with E-state index >= 15 is 0 Å². The number of carbonyl (C=O) groups excluding carboxylic acids is 1. The van der Waals surface area contributed by atoms with Gasteiger partial charge in [0.05, 0.1) is 16.8 Å². The number of nitrogens with zero attached hydrogens (tertiary/aromatic N) is 3. The van der Waals surface area contributed by atoms with Gasteiger partial charge in [-0.05, 0) is 36.6 Å². The molecule has 0 saturated carbocycles. The minimum atomic E-state index is -0.172. The maximum atomic E-state index is 12.6. The Morgan fingerprint density at radius 2 is 1.77 bits per heavy atom. The summed E-state index contributed by atoms with van der Waals surface area (Å²) in [5.41, 5.74) is 2.94. The summed E-state index contributed by atoms with van der Waals surface area (Å²) in [6.45, 7) is 2.20. The Labute approximate surface area is 154 Å². The Morgan fingerprint density at radius 1 is 1.00 bits per heavy atom. The molecule has 0 aliphatic rings. The summed E-state index contributed by atoms with van der Waals surface area (Å²) in [6, 6.07) is 15.1. The summed E-state index contributed by atoms with van der Waals surface area (Å²) in [6.07, 6.45) is 6.75. The monoisotopic (exact) mass is 345 g/mol. The highest BCUT2D eigenvalue weighted by Crippen LogP contribution is 2.19. The van der Waals surface area contributed by atoms with E-state index in [1.165, 1.54) is 25.7 Å². The van der Waals surface area contributed by atoms with Gasteiger partial charge in [-0.15, -0.1) is 5.10 Å². The molecule has 0 atom stereocenters. The van der Waals surface area contributed by atoms with Crippen LogP contribution >= 0.6 is 0 Å². The van der Waals surface area contributed by atoms with Gasteiger partial charge in [0, 0.05) is 6.42 Å². The molecule has 0 saturated heterocycles. The first-order valence-electron chi connectivity index (χ1n) is 9.24. The van der Waals surface area contributed by atoms with Crippen molar-refractivity contribution in [3.8, 4) is 17.5 Å². The molecule has 1 heterocycles. The van der Waals surface area contributed by atoms with E-state index in [4.69, 9.17) is 0 Å². The normalized spacial score (nSPS) is 10.5. The second kappa shape index (κ2) is 8.96. The van der Waals surface area contributed by atoms with Crippen molar-refractivity contribution in [3.63, 3.8) is 0 Å². The van der Waals surface area contributed by atoms with Crippen LogP contribution in [0.5, 0.6) is 0 Å². The van der Waals surface area contributed by atoms with Crippen LogP contribution in [0.25, 0.3) is 16.7 Å². The number of unbranched alkanes of at least 4 members (excludes halogenated alkanes) is 5. The van der Waals surface area contributed by atoms with E-state index in [9.17, 15) is 4.79 Å². The number of carbonyl (C=O) groups is 1. The molecule has 3 rings (SSSR count). The molecule has 4 nitrogen and oxygen atoms in total. The molecule has 4 heteroatoms. The largest absolute Gasteiger partial charge is 0.279 e. The molecular weight excluding hydrogens is 322 g/mol. The number of fused-ring (bicyclic) bond motifs is 1. The first-order valence-corrected chi connectivity index (χ1v) is 9.24. The zero-order chi connectivity index (χ0) is 18.2. The predicted octanol–water partition coefficient (Wildman–Crippen LogP) is 4.97. The fraction of sp³-hybridized carbons (Fsp3) is 0.318. The average molecular weight is 345 g/mol. The van der Waals surface area contributed by atoms with Crippen LogP contribution in [0.15, 0.2) is 48.5 Å². The minimum absolute atomic E-state index is 0.172. The summed E-state index contributed by atoms with van der Waals surface area (Å²) >= 11 is 0. The molecule has 0 spiro atoms. The van der Waals surface area contributed by atoms with Gasteiger partial charge in [0.1, 0.15) is 5.52 Å². The molecule has 132 valence electrons. The lowest BCUT2D eigenvalue weighted by Gasteiger charge is -2.06. The van der Waals surface area contributed by atoms with Gasteiger partial charge in [0.25, 0.3) is 0 Å². The molecular formula is C22H23N3O. The van der Waals surface area contributed by atoms with Gasteiger partial charge in [-0.1, -0.05) is 68.0 Å². The van der Waals surface area contributed by atoms with Gasteiger partial charge in [0.15, 0.2) is 0 Å². The maximum Gasteiger partial charge on any atom is 0.238 e. The molecule has 0 fully saturated rings. The fourth-order valence-corrected chi connectivity index (χ4v) is 2.92. The van der Waals surface area contributed by atoms with Gasteiger partial charge in [0.2, 0.25) is 5.78 Å². The summed E-state index contributed by atoms with van der Waals surface area (Å²) in [7, 11) is 0. The number of hydrogen-bond acceptors (Lipinski definition) is 3. The van der Waals surface area contributed by atoms with Crippen molar-refractivity contribution >= 4 is 16.8 Å². The zero-order valence-electron chi connectivity index (χ0n) is 15.1. The lowest BCUT2D eigenvalue weighted by molar-refractivity contribution is 0.105. The maximum absolute atomic E-state index is 12.6. The standard InChI is InChI=1S/C22H23N3O/c1-2-3-4-5-6-7-8-17-22(26)18-13-9-11-15-20(18)25-21-16-12-10-14-19(21)23-24-25/h9-16H,2-7H2,1H3. The lowest BCUT2D eigenvalue weighted by Crippen LogP contribution is -2.06. The van der Waals surface area contributed by atoms with E-state index in [0.29, 0.717) is 11.3 Å². The smallest absolute Gasteiger partial charge is 0.238 e. The molecule has 0 bridgehead atoms. The van der Waals surface area contributed by atoms with Crippen molar-refractivity contribution in [2.24, 2.45) is 0 Å². The third kappa shape index (κ3) is 4.18. The number of para-hydroxylation sites is 2. The molecule has 26 heavy (non-hydrogen) atoms. The second-order valence-corrected chi connectivity index (χ2v) is 6.30.